The van der Waals surface area contributed by atoms with Gasteiger partial charge >= 0.3 is 0 Å². The molecule has 84 valence electrons. The Labute approximate surface area is 90.5 Å². The molecule has 0 saturated heterocycles. The van der Waals surface area contributed by atoms with Gasteiger partial charge in [-0.3, -0.25) is 4.79 Å². The highest BCUT2D eigenvalue weighted by molar-refractivity contribution is 5.85. The van der Waals surface area contributed by atoms with Crippen LogP contribution >= 0.6 is 0 Å². The van der Waals surface area contributed by atoms with E-state index >= 15 is 0 Å². The molecule has 1 heterocycles. The van der Waals surface area contributed by atoms with Gasteiger partial charge in [-0.2, -0.15) is 0 Å². The molecule has 0 saturated carbocycles. The number of hydrogen-bond acceptors (Lipinski definition) is 2. The molecule has 0 bridgehead atoms. The lowest BCUT2D eigenvalue weighted by Crippen LogP contribution is -2.50. The van der Waals surface area contributed by atoms with Crippen molar-refractivity contribution in [1.29, 1.82) is 0 Å². The summed E-state index contributed by atoms with van der Waals surface area (Å²) in [6, 6.07) is 3.92. The second kappa shape index (κ2) is 4.49. The molecule has 0 radical (unpaired) electrons. The van der Waals surface area contributed by atoms with E-state index in [0.717, 1.165) is 5.69 Å². The molecule has 1 aromatic rings. The van der Waals surface area contributed by atoms with Crippen LogP contribution in [0.1, 0.15) is 26.0 Å². The maximum Gasteiger partial charge on any atom is 0.240 e. The molecule has 0 aliphatic heterocycles. The molecule has 3 N–H and O–H groups in total. The van der Waals surface area contributed by atoms with Crippen LogP contribution in [0.2, 0.25) is 0 Å². The highest BCUT2D eigenvalue weighted by Gasteiger charge is 2.25. The summed E-state index contributed by atoms with van der Waals surface area (Å²) < 4.78 is 1.97. The number of carbonyl (C=O) groups excluding carboxylic acids is 1. The Morgan fingerprint density at radius 1 is 1.67 bits per heavy atom. The van der Waals surface area contributed by atoms with E-state index in [4.69, 9.17) is 5.73 Å². The molecule has 4 nitrogen and oxygen atoms in total. The van der Waals surface area contributed by atoms with Crippen molar-refractivity contribution in [2.45, 2.75) is 32.4 Å². The van der Waals surface area contributed by atoms with Crippen LogP contribution in [-0.4, -0.2) is 16.0 Å². The molecule has 15 heavy (non-hydrogen) atoms. The quantitative estimate of drug-likeness (QED) is 0.769. The molecule has 1 aromatic heterocycles. The van der Waals surface area contributed by atoms with Crippen LogP contribution in [0.3, 0.4) is 0 Å². The topological polar surface area (TPSA) is 60.1 Å². The number of rotatable bonds is 4. The number of aryl methyl sites for hydroxylation is 1. The summed E-state index contributed by atoms with van der Waals surface area (Å²) in [7, 11) is 1.95. The minimum atomic E-state index is -0.773. The SMILES string of the molecule is CCC(C)(N)C(=O)NCc1cccn1C. The number of nitrogens with one attached hydrogen (secondary N) is 1. The van der Waals surface area contributed by atoms with Crippen molar-refractivity contribution in [2.24, 2.45) is 12.8 Å². The van der Waals surface area contributed by atoms with Gasteiger partial charge in [0.2, 0.25) is 5.91 Å². The first kappa shape index (κ1) is 11.8. The lowest BCUT2D eigenvalue weighted by Gasteiger charge is -2.21. The van der Waals surface area contributed by atoms with Crippen LogP contribution < -0.4 is 11.1 Å². The Bertz CT molecular complexity index is 341. The van der Waals surface area contributed by atoms with Crippen molar-refractivity contribution in [3.8, 4) is 0 Å². The predicted octanol–water partition coefficient (Wildman–Crippen LogP) is 0.769. The molecule has 1 amide bonds. The maximum atomic E-state index is 11.7. The first-order valence-electron chi connectivity index (χ1n) is 5.14. The summed E-state index contributed by atoms with van der Waals surface area (Å²) in [5, 5.41) is 2.83. The Kier molecular flexibility index (Phi) is 3.52. The van der Waals surface area contributed by atoms with E-state index in [1.54, 1.807) is 6.92 Å². The lowest BCUT2D eigenvalue weighted by atomic mass is 10.00. The van der Waals surface area contributed by atoms with Crippen molar-refractivity contribution in [3.63, 3.8) is 0 Å². The number of aromatic nitrogens is 1. The third-order valence-corrected chi connectivity index (χ3v) is 2.73. The van der Waals surface area contributed by atoms with E-state index in [0.29, 0.717) is 13.0 Å². The molecule has 0 aliphatic carbocycles. The smallest absolute Gasteiger partial charge is 0.240 e. The Balaban J connectivity index is 2.52. The summed E-state index contributed by atoms with van der Waals surface area (Å²) >= 11 is 0. The van der Waals surface area contributed by atoms with Crippen LogP contribution in [0.4, 0.5) is 0 Å². The summed E-state index contributed by atoms with van der Waals surface area (Å²) in [4.78, 5) is 11.7. The third-order valence-electron chi connectivity index (χ3n) is 2.73. The molecule has 4 heteroatoms. The molecule has 1 unspecified atom stereocenters. The van der Waals surface area contributed by atoms with Crippen molar-refractivity contribution >= 4 is 5.91 Å². The summed E-state index contributed by atoms with van der Waals surface area (Å²) in [6.07, 6.45) is 2.58. The number of carbonyl (C=O) groups is 1. The zero-order chi connectivity index (χ0) is 11.5. The van der Waals surface area contributed by atoms with Gasteiger partial charge in [0.05, 0.1) is 12.1 Å². The monoisotopic (exact) mass is 209 g/mol. The number of nitrogens with zero attached hydrogens (tertiary/aromatic N) is 1. The average molecular weight is 209 g/mol. The second-order valence-corrected chi connectivity index (χ2v) is 4.06. The lowest BCUT2D eigenvalue weighted by molar-refractivity contribution is -0.126. The van der Waals surface area contributed by atoms with Gasteiger partial charge in [-0.1, -0.05) is 6.92 Å². The van der Waals surface area contributed by atoms with Gasteiger partial charge < -0.3 is 15.6 Å². The third kappa shape index (κ3) is 2.83. The number of amides is 1. The van der Waals surface area contributed by atoms with Gasteiger partial charge in [0.15, 0.2) is 0 Å². The molecule has 1 atom stereocenters. The van der Waals surface area contributed by atoms with Gasteiger partial charge in [0.1, 0.15) is 0 Å². The molecular weight excluding hydrogens is 190 g/mol. The van der Waals surface area contributed by atoms with Gasteiger partial charge in [0, 0.05) is 18.9 Å². The van der Waals surface area contributed by atoms with Crippen molar-refractivity contribution in [1.82, 2.24) is 9.88 Å². The van der Waals surface area contributed by atoms with E-state index in [9.17, 15) is 4.79 Å². The number of nitrogens with two attached hydrogens (primary N) is 1. The highest BCUT2D eigenvalue weighted by atomic mass is 16.2. The predicted molar refractivity (Wildman–Crippen MR) is 60.1 cm³/mol. The minimum absolute atomic E-state index is 0.105. The van der Waals surface area contributed by atoms with Crippen LogP contribution in [0.25, 0.3) is 0 Å². The standard InChI is InChI=1S/C11H19N3O/c1-4-11(2,12)10(15)13-8-9-6-5-7-14(9)3/h5-7H,4,8,12H2,1-3H3,(H,13,15). The molecule has 0 spiro atoms. The average Bonchev–Trinajstić information content (AvgIpc) is 2.60. The van der Waals surface area contributed by atoms with E-state index in [1.807, 2.05) is 36.9 Å². The van der Waals surface area contributed by atoms with Gasteiger partial charge in [-0.15, -0.1) is 0 Å². The van der Waals surface area contributed by atoms with Crippen LogP contribution in [0.5, 0.6) is 0 Å². The molecule has 0 aliphatic rings. The Hall–Kier alpha value is -1.29. The minimum Gasteiger partial charge on any atom is -0.353 e. The van der Waals surface area contributed by atoms with Crippen molar-refractivity contribution < 1.29 is 4.79 Å². The molecular formula is C11H19N3O. The normalized spacial score (nSPS) is 14.7. The van der Waals surface area contributed by atoms with Crippen molar-refractivity contribution in [2.75, 3.05) is 0 Å². The van der Waals surface area contributed by atoms with E-state index in [1.165, 1.54) is 0 Å². The van der Waals surface area contributed by atoms with Gasteiger partial charge in [-0.25, -0.2) is 0 Å². The highest BCUT2D eigenvalue weighted by Crippen LogP contribution is 2.05. The summed E-state index contributed by atoms with van der Waals surface area (Å²) in [6.45, 7) is 4.17. The first-order chi connectivity index (χ1) is 6.97. The molecule has 0 fully saturated rings. The Morgan fingerprint density at radius 3 is 2.80 bits per heavy atom. The second-order valence-electron chi connectivity index (χ2n) is 4.06. The summed E-state index contributed by atoms with van der Waals surface area (Å²) in [5.41, 5.74) is 6.11. The van der Waals surface area contributed by atoms with Gasteiger partial charge in [0.25, 0.3) is 0 Å². The molecule has 1 rings (SSSR count). The maximum absolute atomic E-state index is 11.7. The largest absolute Gasteiger partial charge is 0.353 e. The van der Waals surface area contributed by atoms with Gasteiger partial charge in [-0.05, 0) is 25.5 Å². The van der Waals surface area contributed by atoms with Crippen LogP contribution in [0.15, 0.2) is 18.3 Å². The van der Waals surface area contributed by atoms with Crippen LogP contribution in [-0.2, 0) is 18.4 Å². The zero-order valence-electron chi connectivity index (χ0n) is 9.58. The molecule has 0 aromatic carbocycles. The number of hydrogen-bond donors (Lipinski definition) is 2. The van der Waals surface area contributed by atoms with E-state index in [2.05, 4.69) is 5.32 Å². The zero-order valence-corrected chi connectivity index (χ0v) is 9.58. The first-order valence-corrected chi connectivity index (χ1v) is 5.14. The van der Waals surface area contributed by atoms with Crippen molar-refractivity contribution in [3.05, 3.63) is 24.0 Å². The fraction of sp³-hybridized carbons (Fsp3) is 0.545. The fourth-order valence-corrected chi connectivity index (χ4v) is 1.21. The Morgan fingerprint density at radius 2 is 2.33 bits per heavy atom. The summed E-state index contributed by atoms with van der Waals surface area (Å²) in [5.74, 6) is -0.105. The van der Waals surface area contributed by atoms with E-state index in [-0.39, 0.29) is 5.91 Å². The van der Waals surface area contributed by atoms with E-state index < -0.39 is 5.54 Å². The fourth-order valence-electron chi connectivity index (χ4n) is 1.21. The van der Waals surface area contributed by atoms with Crippen LogP contribution in [0, 0.1) is 0 Å².